The average Bonchev–Trinajstić information content (AvgIpc) is 3.07. The molecule has 1 aromatic carbocycles. The summed E-state index contributed by atoms with van der Waals surface area (Å²) in [7, 11) is -1.88. The fourth-order valence-corrected chi connectivity index (χ4v) is 4.21. The molecule has 0 bridgehead atoms. The molecule has 0 radical (unpaired) electrons. The van der Waals surface area contributed by atoms with Crippen LogP contribution in [0.3, 0.4) is 0 Å². The van der Waals surface area contributed by atoms with Gasteiger partial charge in [-0.15, -0.1) is 0 Å². The summed E-state index contributed by atoms with van der Waals surface area (Å²) in [6, 6.07) is 3.28. The standard InChI is InChI=1S/C13H18N2O4S/c1-9-5-11-12(19-8-18-11)6-13(9)20(16,17)15(2)10-3-4-14-7-10/h5-6,10,14H,3-4,7-8H2,1-2H3. The molecule has 0 saturated carbocycles. The van der Waals surface area contributed by atoms with Gasteiger partial charge >= 0.3 is 0 Å². The predicted octanol–water partition coefficient (Wildman–Crippen LogP) is 0.706. The lowest BCUT2D eigenvalue weighted by Crippen LogP contribution is -2.38. The normalized spacial score (nSPS) is 21.6. The molecule has 1 N–H and O–H groups in total. The first-order valence-electron chi connectivity index (χ1n) is 6.59. The van der Waals surface area contributed by atoms with Gasteiger partial charge in [0, 0.05) is 25.7 Å². The van der Waals surface area contributed by atoms with Gasteiger partial charge in [0.1, 0.15) is 0 Å². The van der Waals surface area contributed by atoms with Crippen LogP contribution in [0.25, 0.3) is 0 Å². The summed E-state index contributed by atoms with van der Waals surface area (Å²) in [5, 5.41) is 3.18. The number of hydrogen-bond donors (Lipinski definition) is 1. The lowest BCUT2D eigenvalue weighted by Gasteiger charge is -2.24. The molecule has 110 valence electrons. The maximum atomic E-state index is 12.7. The van der Waals surface area contributed by atoms with E-state index in [-0.39, 0.29) is 17.7 Å². The number of ether oxygens (including phenoxy) is 2. The first kappa shape index (κ1) is 13.7. The van der Waals surface area contributed by atoms with Crippen LogP contribution in [0.2, 0.25) is 0 Å². The fourth-order valence-electron chi connectivity index (χ4n) is 2.60. The van der Waals surface area contributed by atoms with E-state index in [0.29, 0.717) is 23.6 Å². The Morgan fingerprint density at radius 1 is 1.30 bits per heavy atom. The molecule has 1 atom stereocenters. The monoisotopic (exact) mass is 298 g/mol. The van der Waals surface area contributed by atoms with Crippen LogP contribution in [0, 0.1) is 6.92 Å². The van der Waals surface area contributed by atoms with E-state index < -0.39 is 10.0 Å². The quantitative estimate of drug-likeness (QED) is 0.890. The number of fused-ring (bicyclic) bond motifs is 1. The van der Waals surface area contributed by atoms with Crippen molar-refractivity contribution in [1.82, 2.24) is 9.62 Å². The van der Waals surface area contributed by atoms with Gasteiger partial charge in [-0.1, -0.05) is 0 Å². The second-order valence-corrected chi connectivity index (χ2v) is 7.10. The summed E-state index contributed by atoms with van der Waals surface area (Å²) < 4.78 is 37.5. The number of benzene rings is 1. The lowest BCUT2D eigenvalue weighted by molar-refractivity contribution is 0.174. The van der Waals surface area contributed by atoms with Gasteiger partial charge in [0.2, 0.25) is 16.8 Å². The highest BCUT2D eigenvalue weighted by molar-refractivity contribution is 7.89. The molecule has 1 saturated heterocycles. The van der Waals surface area contributed by atoms with Crippen LogP contribution >= 0.6 is 0 Å². The van der Waals surface area contributed by atoms with Crippen molar-refractivity contribution in [3.8, 4) is 11.5 Å². The van der Waals surface area contributed by atoms with Gasteiger partial charge in [0.25, 0.3) is 0 Å². The van der Waals surface area contributed by atoms with Crippen LogP contribution in [0.5, 0.6) is 11.5 Å². The molecule has 0 amide bonds. The summed E-state index contributed by atoms with van der Waals surface area (Å²) in [6.45, 7) is 3.46. The van der Waals surface area contributed by atoms with Gasteiger partial charge in [0.05, 0.1) is 4.90 Å². The summed E-state index contributed by atoms with van der Waals surface area (Å²) >= 11 is 0. The largest absolute Gasteiger partial charge is 0.454 e. The zero-order valence-corrected chi connectivity index (χ0v) is 12.4. The maximum Gasteiger partial charge on any atom is 0.243 e. The second kappa shape index (κ2) is 4.91. The van der Waals surface area contributed by atoms with Crippen molar-refractivity contribution < 1.29 is 17.9 Å². The minimum atomic E-state index is -3.52. The summed E-state index contributed by atoms with van der Waals surface area (Å²) in [5.74, 6) is 1.10. The van der Waals surface area contributed by atoms with E-state index >= 15 is 0 Å². The van der Waals surface area contributed by atoms with Gasteiger partial charge < -0.3 is 14.8 Å². The minimum Gasteiger partial charge on any atom is -0.454 e. The molecule has 1 unspecified atom stereocenters. The molecule has 2 aliphatic heterocycles. The highest BCUT2D eigenvalue weighted by Crippen LogP contribution is 2.37. The first-order valence-corrected chi connectivity index (χ1v) is 8.03. The van der Waals surface area contributed by atoms with Crippen LogP contribution in [0.4, 0.5) is 0 Å². The number of aryl methyl sites for hydroxylation is 1. The number of likely N-dealkylation sites (N-methyl/N-ethyl adjacent to an activating group) is 1. The molecule has 6 nitrogen and oxygen atoms in total. The average molecular weight is 298 g/mol. The van der Waals surface area contributed by atoms with E-state index in [0.717, 1.165) is 13.0 Å². The van der Waals surface area contributed by atoms with Gasteiger partial charge in [-0.25, -0.2) is 8.42 Å². The molecule has 1 fully saturated rings. The van der Waals surface area contributed by atoms with Crippen molar-refractivity contribution in [2.45, 2.75) is 24.3 Å². The predicted molar refractivity (Wildman–Crippen MR) is 73.5 cm³/mol. The third kappa shape index (κ3) is 2.15. The molecule has 0 aromatic heterocycles. The highest BCUT2D eigenvalue weighted by Gasteiger charge is 2.32. The first-order chi connectivity index (χ1) is 9.50. The lowest BCUT2D eigenvalue weighted by atomic mass is 10.2. The number of hydrogen-bond acceptors (Lipinski definition) is 5. The van der Waals surface area contributed by atoms with Gasteiger partial charge in [-0.05, 0) is 31.5 Å². The molecule has 2 aliphatic rings. The zero-order valence-electron chi connectivity index (χ0n) is 11.5. The van der Waals surface area contributed by atoms with Gasteiger partial charge in [-0.2, -0.15) is 4.31 Å². The second-order valence-electron chi connectivity index (χ2n) is 5.14. The van der Waals surface area contributed by atoms with Crippen LogP contribution in [-0.2, 0) is 10.0 Å². The summed E-state index contributed by atoms with van der Waals surface area (Å²) in [5.41, 5.74) is 0.673. The van der Waals surface area contributed by atoms with Crippen molar-refractivity contribution in [3.63, 3.8) is 0 Å². The van der Waals surface area contributed by atoms with E-state index in [2.05, 4.69) is 5.32 Å². The Labute approximate surface area is 118 Å². The number of nitrogens with one attached hydrogen (secondary N) is 1. The Hall–Kier alpha value is -1.31. The van der Waals surface area contributed by atoms with Crippen LogP contribution in [0.15, 0.2) is 17.0 Å². The van der Waals surface area contributed by atoms with Crippen molar-refractivity contribution in [2.75, 3.05) is 26.9 Å². The molecule has 2 heterocycles. The third-order valence-corrected chi connectivity index (χ3v) is 5.93. The van der Waals surface area contributed by atoms with Gasteiger partial charge in [-0.3, -0.25) is 0 Å². The maximum absolute atomic E-state index is 12.7. The van der Waals surface area contributed by atoms with E-state index in [1.807, 2.05) is 0 Å². The molecular weight excluding hydrogens is 280 g/mol. The summed E-state index contributed by atoms with van der Waals surface area (Å²) in [6.07, 6.45) is 0.833. The summed E-state index contributed by atoms with van der Waals surface area (Å²) in [4.78, 5) is 0.288. The highest BCUT2D eigenvalue weighted by atomic mass is 32.2. The van der Waals surface area contributed by atoms with Crippen molar-refractivity contribution in [3.05, 3.63) is 17.7 Å². The van der Waals surface area contributed by atoms with Crippen molar-refractivity contribution in [1.29, 1.82) is 0 Å². The molecule has 0 spiro atoms. The van der Waals surface area contributed by atoms with E-state index in [9.17, 15) is 8.42 Å². The van der Waals surface area contributed by atoms with Crippen LogP contribution in [0.1, 0.15) is 12.0 Å². The Morgan fingerprint density at radius 2 is 2.00 bits per heavy atom. The van der Waals surface area contributed by atoms with Crippen LogP contribution in [-0.4, -0.2) is 45.7 Å². The Kier molecular flexibility index (Phi) is 3.35. The Bertz CT molecular complexity index is 624. The number of sulfonamides is 1. The van der Waals surface area contributed by atoms with E-state index in [1.165, 1.54) is 4.31 Å². The minimum absolute atomic E-state index is 0.00447. The topological polar surface area (TPSA) is 67.9 Å². The number of nitrogens with zero attached hydrogens (tertiary/aromatic N) is 1. The van der Waals surface area contributed by atoms with E-state index in [1.54, 1.807) is 26.1 Å². The molecule has 0 aliphatic carbocycles. The van der Waals surface area contributed by atoms with Crippen LogP contribution < -0.4 is 14.8 Å². The molecular formula is C13H18N2O4S. The Balaban J connectivity index is 1.98. The Morgan fingerprint density at radius 3 is 2.65 bits per heavy atom. The third-order valence-electron chi connectivity index (χ3n) is 3.88. The van der Waals surface area contributed by atoms with Gasteiger partial charge in [0.15, 0.2) is 11.5 Å². The molecule has 20 heavy (non-hydrogen) atoms. The molecule has 1 aromatic rings. The number of rotatable bonds is 3. The van der Waals surface area contributed by atoms with Crippen molar-refractivity contribution in [2.24, 2.45) is 0 Å². The fraction of sp³-hybridized carbons (Fsp3) is 0.538. The SMILES string of the molecule is Cc1cc2c(cc1S(=O)(=O)N(C)C1CCNC1)OCO2. The molecule has 7 heteroatoms. The van der Waals surface area contributed by atoms with E-state index in [4.69, 9.17) is 9.47 Å². The molecule has 3 rings (SSSR count). The smallest absolute Gasteiger partial charge is 0.243 e. The van der Waals surface area contributed by atoms with Crippen molar-refractivity contribution >= 4 is 10.0 Å². The zero-order chi connectivity index (χ0) is 14.3.